The largest absolute Gasteiger partial charge is 0.413 e. The summed E-state index contributed by atoms with van der Waals surface area (Å²) in [6.45, 7) is 8.80. The summed E-state index contributed by atoms with van der Waals surface area (Å²) in [5.74, 6) is 0. The van der Waals surface area contributed by atoms with Crippen molar-refractivity contribution in [2.75, 3.05) is 0 Å². The molecular formula is C10H26AlN. The number of rotatable bonds is 5. The summed E-state index contributed by atoms with van der Waals surface area (Å²) in [7, 11) is 0. The zero-order valence-electron chi connectivity index (χ0n) is 9.40. The maximum atomic E-state index is 5.61. The maximum absolute atomic E-state index is 5.61. The highest BCUT2D eigenvalue weighted by atomic mass is 27.2. The van der Waals surface area contributed by atoms with Crippen LogP contribution in [0.1, 0.15) is 53.4 Å². The molecule has 0 rings (SSSR count). The van der Waals surface area contributed by atoms with Crippen molar-refractivity contribution in [3.05, 3.63) is 0 Å². The van der Waals surface area contributed by atoms with Crippen LogP contribution in [0.4, 0.5) is 0 Å². The van der Waals surface area contributed by atoms with Gasteiger partial charge in [-0.15, -0.1) is 0 Å². The van der Waals surface area contributed by atoms with Crippen LogP contribution in [0.5, 0.6) is 0 Å². The van der Waals surface area contributed by atoms with E-state index >= 15 is 0 Å². The van der Waals surface area contributed by atoms with E-state index in [2.05, 4.69) is 27.7 Å². The third-order valence-electron chi connectivity index (χ3n) is 2.01. The molecule has 12 heavy (non-hydrogen) atoms. The van der Waals surface area contributed by atoms with Crippen LogP contribution in [0.15, 0.2) is 0 Å². The van der Waals surface area contributed by atoms with E-state index < -0.39 is 14.4 Å². The zero-order chi connectivity index (χ0) is 9.82. The van der Waals surface area contributed by atoms with Gasteiger partial charge in [-0.25, -0.2) is 0 Å². The summed E-state index contributed by atoms with van der Waals surface area (Å²) >= 11 is -0.660. The van der Waals surface area contributed by atoms with Crippen LogP contribution < -0.4 is 4.72 Å². The first-order valence-corrected chi connectivity index (χ1v) is 7.78. The van der Waals surface area contributed by atoms with E-state index in [1.165, 1.54) is 36.2 Å². The molecule has 0 heterocycles. The van der Waals surface area contributed by atoms with Crippen LogP contribution in [0.3, 0.4) is 0 Å². The molecule has 0 fully saturated rings. The molecule has 0 unspecified atom stereocenters. The Bertz CT molecular complexity index is 58.9. The Kier molecular flexibility index (Phi) is 17.5. The summed E-state index contributed by atoms with van der Waals surface area (Å²) in [5, 5.41) is 2.49. The van der Waals surface area contributed by atoms with Crippen molar-refractivity contribution in [2.24, 2.45) is 4.72 Å². The predicted molar refractivity (Wildman–Crippen MR) is 60.7 cm³/mol. The van der Waals surface area contributed by atoms with E-state index in [4.69, 9.17) is 4.72 Å². The predicted octanol–water partition coefficient (Wildman–Crippen LogP) is 3.56. The zero-order valence-corrected chi connectivity index (χ0v) is 10.6. The van der Waals surface area contributed by atoms with E-state index in [0.29, 0.717) is 0 Å². The normalized spacial score (nSPS) is 8.75. The molecule has 0 saturated carbocycles. The molecule has 2 heteroatoms. The molecule has 1 nitrogen and oxygen atoms in total. The van der Waals surface area contributed by atoms with E-state index in [9.17, 15) is 0 Å². The van der Waals surface area contributed by atoms with Gasteiger partial charge in [-0.3, -0.25) is 0 Å². The molecule has 0 aliphatic rings. The summed E-state index contributed by atoms with van der Waals surface area (Å²) < 4.78 is 5.61. The molecule has 2 N–H and O–H groups in total. The minimum atomic E-state index is -0.660. The van der Waals surface area contributed by atoms with Crippen LogP contribution in [-0.4, -0.2) is 14.4 Å². The monoisotopic (exact) mass is 187 g/mol. The minimum Gasteiger partial charge on any atom is -0.413 e. The molecule has 0 aromatic carbocycles. The maximum Gasteiger partial charge on any atom is 0.366 e. The number of nitrogens with two attached hydrogens (primary N) is 1. The fraction of sp³-hybridized carbons (Fsp3) is 1.00. The third kappa shape index (κ3) is 16.8. The van der Waals surface area contributed by atoms with Gasteiger partial charge in [0.05, 0.1) is 0 Å². The Balaban J connectivity index is 0. The van der Waals surface area contributed by atoms with Crippen molar-refractivity contribution < 1.29 is 0 Å². The first-order chi connectivity index (χ1) is 5.72. The minimum absolute atomic E-state index is 0.660. The van der Waals surface area contributed by atoms with Crippen LogP contribution in [0.25, 0.3) is 0 Å². The molecule has 0 spiro atoms. The van der Waals surface area contributed by atoms with Crippen molar-refractivity contribution in [1.82, 2.24) is 0 Å². The molecule has 0 aliphatic heterocycles. The molecule has 0 amide bonds. The van der Waals surface area contributed by atoms with Gasteiger partial charge in [0.2, 0.25) is 0 Å². The average molecular weight is 187 g/mol. The van der Waals surface area contributed by atoms with E-state index in [0.717, 1.165) is 0 Å². The topological polar surface area (TPSA) is 26.0 Å². The molecule has 0 aliphatic carbocycles. The molecule has 0 saturated heterocycles. The van der Waals surface area contributed by atoms with Gasteiger partial charge in [-0.05, 0) is 0 Å². The Labute approximate surface area is 83.3 Å². The van der Waals surface area contributed by atoms with Gasteiger partial charge in [0, 0.05) is 0 Å². The van der Waals surface area contributed by atoms with Crippen molar-refractivity contribution in [3.8, 4) is 0 Å². The highest BCUT2D eigenvalue weighted by Gasteiger charge is 2.02. The molecular weight excluding hydrogens is 161 g/mol. The van der Waals surface area contributed by atoms with E-state index in [-0.39, 0.29) is 0 Å². The average Bonchev–Trinajstić information content (AvgIpc) is 2.14. The lowest BCUT2D eigenvalue weighted by Crippen LogP contribution is -2.21. The quantitative estimate of drug-likeness (QED) is 0.517. The summed E-state index contributed by atoms with van der Waals surface area (Å²) in [6.07, 6.45) is 5.54. The molecule has 0 atom stereocenters. The van der Waals surface area contributed by atoms with Gasteiger partial charge in [-0.1, -0.05) is 63.9 Å². The van der Waals surface area contributed by atoms with Crippen molar-refractivity contribution in [3.63, 3.8) is 0 Å². The van der Waals surface area contributed by atoms with Gasteiger partial charge in [0.25, 0.3) is 0 Å². The lowest BCUT2D eigenvalue weighted by atomic mass is 10.2. The highest BCUT2D eigenvalue weighted by molar-refractivity contribution is 6.54. The SMILES string of the molecule is CCCCCC.C[CH2][Al]([NH2])[CH2]C. The Hall–Kier alpha value is 0.492. The Morgan fingerprint density at radius 3 is 1.25 bits per heavy atom. The third-order valence-corrected chi connectivity index (χ3v) is 4.10. The van der Waals surface area contributed by atoms with Crippen LogP contribution in [0.2, 0.25) is 10.6 Å². The standard InChI is InChI=1S/C6H14.2C2H5.Al.H2N/c1-3-5-6-4-2;2*1-2;;/h3-6H2,1-2H3;2*1H2,2H3;;1H2/q;;;+1;-1. The van der Waals surface area contributed by atoms with Crippen molar-refractivity contribution >= 4 is 14.4 Å². The van der Waals surface area contributed by atoms with E-state index in [1.54, 1.807) is 0 Å². The van der Waals surface area contributed by atoms with Gasteiger partial charge >= 0.3 is 14.4 Å². The first kappa shape index (κ1) is 15.0. The molecule has 0 bridgehead atoms. The summed E-state index contributed by atoms with van der Waals surface area (Å²) in [5.41, 5.74) is 0. The molecule has 0 aromatic rings. The van der Waals surface area contributed by atoms with Crippen molar-refractivity contribution in [1.29, 1.82) is 0 Å². The second-order valence-electron chi connectivity index (χ2n) is 3.28. The van der Waals surface area contributed by atoms with Gasteiger partial charge in [-0.2, -0.15) is 0 Å². The fourth-order valence-electron chi connectivity index (χ4n) is 0.789. The second-order valence-corrected chi connectivity index (χ2v) is 6.44. The van der Waals surface area contributed by atoms with Gasteiger partial charge in [0.1, 0.15) is 0 Å². The molecule has 0 aromatic heterocycles. The lowest BCUT2D eigenvalue weighted by Gasteiger charge is -1.89. The molecule has 0 radical (unpaired) electrons. The second kappa shape index (κ2) is 14.0. The smallest absolute Gasteiger partial charge is 0.366 e. The summed E-state index contributed by atoms with van der Waals surface area (Å²) in [4.78, 5) is 0. The first-order valence-electron chi connectivity index (χ1n) is 5.48. The van der Waals surface area contributed by atoms with Crippen LogP contribution in [-0.2, 0) is 0 Å². The number of hydrogen-bond donors (Lipinski definition) is 1. The molecule has 74 valence electrons. The lowest BCUT2D eigenvalue weighted by molar-refractivity contribution is 0.702. The Morgan fingerprint density at radius 1 is 0.833 bits per heavy atom. The summed E-state index contributed by atoms with van der Waals surface area (Å²) in [6, 6.07) is 0. The Morgan fingerprint density at radius 2 is 1.17 bits per heavy atom. The van der Waals surface area contributed by atoms with Crippen LogP contribution in [0, 0.1) is 0 Å². The van der Waals surface area contributed by atoms with Crippen molar-refractivity contribution in [2.45, 2.75) is 63.9 Å². The number of hydrogen-bond acceptors (Lipinski definition) is 1. The highest BCUT2D eigenvalue weighted by Crippen LogP contribution is 1.95. The van der Waals surface area contributed by atoms with Gasteiger partial charge < -0.3 is 4.72 Å². The van der Waals surface area contributed by atoms with Crippen LogP contribution >= 0.6 is 0 Å². The fourth-order valence-corrected chi connectivity index (χ4v) is 1.37. The van der Waals surface area contributed by atoms with Gasteiger partial charge in [0.15, 0.2) is 0 Å². The number of unbranched alkanes of at least 4 members (excludes halogenated alkanes) is 3. The van der Waals surface area contributed by atoms with E-state index in [1.807, 2.05) is 0 Å².